The Kier molecular flexibility index (Phi) is 6.06. The molecule has 1 atom stereocenters. The molecule has 7 nitrogen and oxygen atoms in total. The number of ether oxygens (including phenoxy) is 1. The zero-order valence-corrected chi connectivity index (χ0v) is 17.7. The summed E-state index contributed by atoms with van der Waals surface area (Å²) in [7, 11) is 1.76. The minimum atomic E-state index is -0.160. The maximum absolute atomic E-state index is 12.9. The smallest absolute Gasteiger partial charge is 0.262 e. The first-order chi connectivity index (χ1) is 14.5. The quantitative estimate of drug-likeness (QED) is 0.616. The highest BCUT2D eigenvalue weighted by Crippen LogP contribution is 2.16. The van der Waals surface area contributed by atoms with Crippen LogP contribution in [0.3, 0.4) is 0 Å². The Balaban J connectivity index is 1.54. The summed E-state index contributed by atoms with van der Waals surface area (Å²) in [6.45, 7) is 1.72. The second kappa shape index (κ2) is 8.89. The molecule has 1 amide bonds. The van der Waals surface area contributed by atoms with E-state index in [0.29, 0.717) is 40.7 Å². The Morgan fingerprint density at radius 2 is 2.23 bits per heavy atom. The standard InChI is InChI=1S/C22H24N4O3S/c1-25(11-9-16-5-2-3-10-23-16)20(27)15-7-8-18-19(13-15)24-22(30)26(21(18)28)14-17-6-4-12-29-17/h2-3,5,7-8,10,13,17H,4,6,9,11-12,14H2,1H3,(H,24,30). The zero-order valence-electron chi connectivity index (χ0n) is 16.8. The molecule has 2 aromatic heterocycles. The third-order valence-corrected chi connectivity index (χ3v) is 5.74. The van der Waals surface area contributed by atoms with E-state index >= 15 is 0 Å². The van der Waals surface area contributed by atoms with Crippen molar-refractivity contribution in [3.05, 3.63) is 69.0 Å². The van der Waals surface area contributed by atoms with Gasteiger partial charge in [-0.05, 0) is 55.4 Å². The molecule has 1 aromatic carbocycles. The number of aromatic nitrogens is 3. The largest absolute Gasteiger partial charge is 0.376 e. The third kappa shape index (κ3) is 4.34. The van der Waals surface area contributed by atoms with E-state index in [1.165, 1.54) is 0 Å². The number of nitrogens with zero attached hydrogens (tertiary/aromatic N) is 3. The Labute approximate surface area is 179 Å². The summed E-state index contributed by atoms with van der Waals surface area (Å²) in [5, 5.41) is 0.509. The van der Waals surface area contributed by atoms with Gasteiger partial charge >= 0.3 is 0 Å². The Morgan fingerprint density at radius 1 is 1.37 bits per heavy atom. The van der Waals surface area contributed by atoms with E-state index in [4.69, 9.17) is 17.0 Å². The molecule has 0 aliphatic carbocycles. The number of carbonyl (C=O) groups is 1. The van der Waals surface area contributed by atoms with Crippen molar-refractivity contribution in [2.24, 2.45) is 0 Å². The predicted octanol–water partition coefficient (Wildman–Crippen LogP) is 2.95. The number of amides is 1. The number of likely N-dealkylation sites (N-methyl/N-ethyl adjacent to an activating group) is 1. The highest BCUT2D eigenvalue weighted by molar-refractivity contribution is 7.71. The van der Waals surface area contributed by atoms with Crippen LogP contribution in [0.4, 0.5) is 0 Å². The second-order valence-corrected chi connectivity index (χ2v) is 7.93. The minimum Gasteiger partial charge on any atom is -0.376 e. The lowest BCUT2D eigenvalue weighted by molar-refractivity contribution is 0.0796. The molecule has 8 heteroatoms. The summed E-state index contributed by atoms with van der Waals surface area (Å²) in [4.78, 5) is 34.8. The monoisotopic (exact) mass is 424 g/mol. The number of hydrogen-bond donors (Lipinski definition) is 1. The van der Waals surface area contributed by atoms with E-state index in [2.05, 4.69) is 9.97 Å². The number of H-pyrrole nitrogens is 1. The molecule has 1 aliphatic rings. The van der Waals surface area contributed by atoms with Gasteiger partial charge in [-0.2, -0.15) is 0 Å². The predicted molar refractivity (Wildman–Crippen MR) is 117 cm³/mol. The number of carbonyl (C=O) groups excluding carboxylic acids is 1. The number of rotatable bonds is 6. The van der Waals surface area contributed by atoms with Gasteiger partial charge in [0, 0.05) is 44.1 Å². The summed E-state index contributed by atoms with van der Waals surface area (Å²) in [6, 6.07) is 10.8. The third-order valence-electron chi connectivity index (χ3n) is 5.42. The molecular weight excluding hydrogens is 400 g/mol. The zero-order chi connectivity index (χ0) is 21.1. The van der Waals surface area contributed by atoms with Gasteiger partial charge in [-0.3, -0.25) is 19.1 Å². The van der Waals surface area contributed by atoms with E-state index in [1.807, 2.05) is 18.2 Å². The highest BCUT2D eigenvalue weighted by Gasteiger charge is 2.19. The molecule has 0 bridgehead atoms. The average Bonchev–Trinajstić information content (AvgIpc) is 3.28. The molecule has 1 N–H and O–H groups in total. The molecule has 3 heterocycles. The van der Waals surface area contributed by atoms with E-state index < -0.39 is 0 Å². The van der Waals surface area contributed by atoms with Gasteiger partial charge in [0.15, 0.2) is 4.77 Å². The van der Waals surface area contributed by atoms with Gasteiger partial charge < -0.3 is 14.6 Å². The normalized spacial score (nSPS) is 16.1. The summed E-state index contributed by atoms with van der Waals surface area (Å²) in [6.07, 6.45) is 4.37. The summed E-state index contributed by atoms with van der Waals surface area (Å²) >= 11 is 5.41. The topological polar surface area (TPSA) is 80.2 Å². The van der Waals surface area contributed by atoms with Crippen LogP contribution in [0.25, 0.3) is 10.9 Å². The molecular formula is C22H24N4O3S. The number of nitrogens with one attached hydrogen (secondary N) is 1. The van der Waals surface area contributed by atoms with Gasteiger partial charge in [0.1, 0.15) is 0 Å². The molecule has 1 saturated heterocycles. The van der Waals surface area contributed by atoms with Crippen molar-refractivity contribution in [2.75, 3.05) is 20.2 Å². The molecule has 3 aromatic rings. The fraction of sp³-hybridized carbons (Fsp3) is 0.364. The van der Waals surface area contributed by atoms with Crippen LogP contribution in [0.2, 0.25) is 0 Å². The van der Waals surface area contributed by atoms with Crippen molar-refractivity contribution in [3.63, 3.8) is 0 Å². The van der Waals surface area contributed by atoms with Crippen molar-refractivity contribution >= 4 is 29.0 Å². The van der Waals surface area contributed by atoms with Crippen molar-refractivity contribution in [3.8, 4) is 0 Å². The fourth-order valence-corrected chi connectivity index (χ4v) is 3.96. The van der Waals surface area contributed by atoms with Crippen LogP contribution in [-0.2, 0) is 17.7 Å². The molecule has 0 radical (unpaired) electrons. The van der Waals surface area contributed by atoms with E-state index in [1.54, 1.807) is 40.9 Å². The fourth-order valence-electron chi connectivity index (χ4n) is 3.70. The lowest BCUT2D eigenvalue weighted by Crippen LogP contribution is -2.30. The molecule has 1 fully saturated rings. The Hall–Kier alpha value is -2.84. The van der Waals surface area contributed by atoms with Crippen molar-refractivity contribution in [1.82, 2.24) is 19.4 Å². The van der Waals surface area contributed by atoms with Crippen molar-refractivity contribution in [1.29, 1.82) is 0 Å². The van der Waals surface area contributed by atoms with Gasteiger partial charge in [0.25, 0.3) is 11.5 Å². The molecule has 4 rings (SSSR count). The minimum absolute atomic E-state index is 0.0175. The molecule has 156 valence electrons. The van der Waals surface area contributed by atoms with Crippen LogP contribution in [0.5, 0.6) is 0 Å². The van der Waals surface area contributed by atoms with Gasteiger partial charge in [0.2, 0.25) is 0 Å². The van der Waals surface area contributed by atoms with Gasteiger partial charge in [-0.25, -0.2) is 0 Å². The first-order valence-electron chi connectivity index (χ1n) is 10.1. The van der Waals surface area contributed by atoms with E-state index in [9.17, 15) is 9.59 Å². The number of benzene rings is 1. The first kappa shape index (κ1) is 20.4. The van der Waals surface area contributed by atoms with Gasteiger partial charge in [0.05, 0.1) is 23.6 Å². The van der Waals surface area contributed by atoms with E-state index in [0.717, 1.165) is 25.1 Å². The molecule has 0 saturated carbocycles. The van der Waals surface area contributed by atoms with E-state index in [-0.39, 0.29) is 17.6 Å². The van der Waals surface area contributed by atoms with Crippen LogP contribution < -0.4 is 5.56 Å². The van der Waals surface area contributed by atoms with Gasteiger partial charge in [-0.15, -0.1) is 0 Å². The summed E-state index contributed by atoms with van der Waals surface area (Å²) in [5.74, 6) is -0.115. The SMILES string of the molecule is CN(CCc1ccccn1)C(=O)c1ccc2c(=O)n(CC3CCCO3)c(=S)[nH]c2c1. The Bertz CT molecular complexity index is 1170. The number of hydrogen-bond acceptors (Lipinski definition) is 5. The maximum atomic E-state index is 12.9. The van der Waals surface area contributed by atoms with Crippen LogP contribution in [0, 0.1) is 4.77 Å². The van der Waals surface area contributed by atoms with Crippen molar-refractivity contribution < 1.29 is 9.53 Å². The second-order valence-electron chi connectivity index (χ2n) is 7.54. The summed E-state index contributed by atoms with van der Waals surface area (Å²) in [5.41, 5.74) is 1.85. The molecule has 30 heavy (non-hydrogen) atoms. The number of pyridine rings is 1. The van der Waals surface area contributed by atoms with Crippen LogP contribution >= 0.6 is 12.2 Å². The average molecular weight is 425 g/mol. The maximum Gasteiger partial charge on any atom is 0.262 e. The first-order valence-corrected chi connectivity index (χ1v) is 10.5. The number of aromatic amines is 1. The lowest BCUT2D eigenvalue weighted by Gasteiger charge is -2.17. The van der Waals surface area contributed by atoms with Crippen LogP contribution in [0.1, 0.15) is 28.9 Å². The molecule has 0 spiro atoms. The molecule has 1 aliphatic heterocycles. The van der Waals surface area contributed by atoms with Crippen LogP contribution in [-0.4, -0.2) is 51.6 Å². The van der Waals surface area contributed by atoms with Gasteiger partial charge in [-0.1, -0.05) is 6.07 Å². The van der Waals surface area contributed by atoms with Crippen molar-refractivity contribution in [2.45, 2.75) is 31.9 Å². The lowest BCUT2D eigenvalue weighted by atomic mass is 10.1. The number of fused-ring (bicyclic) bond motifs is 1. The summed E-state index contributed by atoms with van der Waals surface area (Å²) < 4.78 is 7.53. The Morgan fingerprint density at radius 3 is 2.97 bits per heavy atom. The highest BCUT2D eigenvalue weighted by atomic mass is 32.1. The van der Waals surface area contributed by atoms with Crippen LogP contribution in [0.15, 0.2) is 47.4 Å². The molecule has 1 unspecified atom stereocenters.